The van der Waals surface area contributed by atoms with Gasteiger partial charge in [0.1, 0.15) is 12.2 Å². The van der Waals surface area contributed by atoms with E-state index in [1.54, 1.807) is 13.1 Å². The Hall–Kier alpha value is -2.44. The summed E-state index contributed by atoms with van der Waals surface area (Å²) in [4.78, 5) is 30.4. The highest BCUT2D eigenvalue weighted by Gasteiger charge is 2.08. The first-order valence-corrected chi connectivity index (χ1v) is 6.29. The summed E-state index contributed by atoms with van der Waals surface area (Å²) >= 11 is 0. The van der Waals surface area contributed by atoms with Crippen molar-refractivity contribution in [3.8, 4) is 0 Å². The third-order valence-corrected chi connectivity index (χ3v) is 2.24. The molecule has 0 aliphatic heterocycles. The van der Waals surface area contributed by atoms with Gasteiger partial charge in [-0.25, -0.2) is 4.98 Å². The largest absolute Gasteiger partial charge is 0.480 e. The third kappa shape index (κ3) is 3.78. The molecule has 0 unspecified atom stereocenters. The van der Waals surface area contributed by atoms with Gasteiger partial charge >= 0.3 is 5.97 Å². The molecule has 0 aromatic carbocycles. The summed E-state index contributed by atoms with van der Waals surface area (Å²) in [7, 11) is 1.64. The van der Waals surface area contributed by atoms with E-state index >= 15 is 0 Å². The average Bonchev–Trinajstić information content (AvgIpc) is 2.42. The van der Waals surface area contributed by atoms with Gasteiger partial charge in [0, 0.05) is 24.7 Å². The third-order valence-electron chi connectivity index (χ3n) is 2.24. The molecule has 0 saturated carbocycles. The van der Waals surface area contributed by atoms with E-state index in [2.05, 4.69) is 29.1 Å². The smallest absolute Gasteiger partial charge is 0.323 e. The van der Waals surface area contributed by atoms with Crippen LogP contribution in [-0.2, 0) is 11.3 Å². The summed E-state index contributed by atoms with van der Waals surface area (Å²) in [5, 5.41) is 12.1. The molecule has 0 fully saturated rings. The molecular weight excluding hydrogens is 260 g/mol. The number of rotatable bonds is 3. The molecule has 7 heteroatoms. The van der Waals surface area contributed by atoms with E-state index in [9.17, 15) is 9.59 Å². The predicted molar refractivity (Wildman–Crippen MR) is 76.9 cm³/mol. The zero-order chi connectivity index (χ0) is 15.1. The fourth-order valence-electron chi connectivity index (χ4n) is 1.48. The van der Waals surface area contributed by atoms with Gasteiger partial charge in [-0.15, -0.1) is 0 Å². The Kier molecular flexibility index (Phi) is 5.64. The molecule has 7 nitrogen and oxygen atoms in total. The predicted octanol–water partition coefficient (Wildman–Crippen LogP) is 1.33. The number of carbonyl (C=O) groups is 1. The van der Waals surface area contributed by atoms with Crippen LogP contribution in [0.5, 0.6) is 0 Å². The van der Waals surface area contributed by atoms with Crippen molar-refractivity contribution < 1.29 is 9.90 Å². The molecule has 2 N–H and O–H groups in total. The van der Waals surface area contributed by atoms with E-state index in [0.29, 0.717) is 17.0 Å². The number of nitrogens with zero attached hydrogens (tertiary/aromatic N) is 3. The van der Waals surface area contributed by atoms with Crippen LogP contribution in [0.3, 0.4) is 0 Å². The van der Waals surface area contributed by atoms with Crippen LogP contribution in [-0.4, -0.2) is 32.7 Å². The summed E-state index contributed by atoms with van der Waals surface area (Å²) in [6, 6.07) is 2.86. The quantitative estimate of drug-likeness (QED) is 0.879. The van der Waals surface area contributed by atoms with Gasteiger partial charge in [0.05, 0.1) is 0 Å². The Morgan fingerprint density at radius 3 is 2.60 bits per heavy atom. The molecule has 0 aliphatic rings. The molecule has 2 rings (SSSR count). The molecule has 0 aliphatic carbocycles. The summed E-state index contributed by atoms with van der Waals surface area (Å²) in [6.45, 7) is 3.83. The van der Waals surface area contributed by atoms with Crippen LogP contribution in [0.25, 0.3) is 11.0 Å². The zero-order valence-electron chi connectivity index (χ0n) is 11.8. The topological polar surface area (TPSA) is 97.1 Å². The lowest BCUT2D eigenvalue weighted by Crippen LogP contribution is -2.24. The van der Waals surface area contributed by atoms with Gasteiger partial charge in [-0.1, -0.05) is 20.3 Å². The van der Waals surface area contributed by atoms with Gasteiger partial charge in [0.2, 0.25) is 5.95 Å². The highest BCUT2D eigenvalue weighted by molar-refractivity contribution is 5.77. The van der Waals surface area contributed by atoms with Gasteiger partial charge in [0.25, 0.3) is 5.56 Å². The van der Waals surface area contributed by atoms with Crippen molar-refractivity contribution in [2.75, 3.05) is 12.4 Å². The second kappa shape index (κ2) is 7.22. The van der Waals surface area contributed by atoms with Gasteiger partial charge in [-0.2, -0.15) is 4.98 Å². The van der Waals surface area contributed by atoms with Gasteiger partial charge in [0.15, 0.2) is 0 Å². The van der Waals surface area contributed by atoms with Crippen molar-refractivity contribution in [1.82, 2.24) is 14.5 Å². The number of carboxylic acids is 1. The molecule has 0 bridgehead atoms. The van der Waals surface area contributed by atoms with Crippen LogP contribution in [0.4, 0.5) is 5.95 Å². The van der Waals surface area contributed by atoms with Crippen LogP contribution >= 0.6 is 0 Å². The van der Waals surface area contributed by atoms with E-state index in [4.69, 9.17) is 5.11 Å². The molecule has 2 aromatic heterocycles. The van der Waals surface area contributed by atoms with Gasteiger partial charge < -0.3 is 10.4 Å². The number of aliphatic carboxylic acids is 1. The van der Waals surface area contributed by atoms with Crippen LogP contribution in [0.1, 0.15) is 20.3 Å². The number of hydrogen-bond acceptors (Lipinski definition) is 5. The fourth-order valence-corrected chi connectivity index (χ4v) is 1.48. The molecule has 0 amide bonds. The van der Waals surface area contributed by atoms with Gasteiger partial charge in [-0.3, -0.25) is 14.2 Å². The number of pyridine rings is 1. The second-order valence-corrected chi connectivity index (χ2v) is 4.08. The Balaban J connectivity index is 0.000000612. The molecule has 0 atom stereocenters. The standard InChI is InChI=1S/C10H10N4O3.C3H8/c1-11-10-12-4-6-2-3-7(15)14(5-8(16)17)9(6)13-10;1-3-2/h2-4H,5H2,1H3,(H,16,17)(H,11,12,13);3H2,1-2H3. The lowest BCUT2D eigenvalue weighted by molar-refractivity contribution is -0.137. The Morgan fingerprint density at radius 2 is 2.05 bits per heavy atom. The Bertz CT molecular complexity index is 652. The first-order valence-electron chi connectivity index (χ1n) is 6.29. The average molecular weight is 278 g/mol. The summed E-state index contributed by atoms with van der Waals surface area (Å²) < 4.78 is 1.10. The summed E-state index contributed by atoms with van der Waals surface area (Å²) in [6.07, 6.45) is 2.78. The van der Waals surface area contributed by atoms with Crippen LogP contribution in [0, 0.1) is 0 Å². The number of fused-ring (bicyclic) bond motifs is 1. The lowest BCUT2D eigenvalue weighted by atomic mass is 10.3. The molecule has 2 aromatic rings. The first kappa shape index (κ1) is 15.6. The number of aromatic nitrogens is 3. The van der Waals surface area contributed by atoms with Crippen LogP contribution < -0.4 is 10.9 Å². The molecule has 108 valence electrons. The Morgan fingerprint density at radius 1 is 1.40 bits per heavy atom. The molecule has 20 heavy (non-hydrogen) atoms. The molecule has 0 saturated heterocycles. The second-order valence-electron chi connectivity index (χ2n) is 4.08. The number of anilines is 1. The number of carboxylic acid groups (broad SMARTS) is 1. The SMILES string of the molecule is CCC.CNc1ncc2ccc(=O)n(CC(=O)O)c2n1. The van der Waals surface area contributed by atoms with Crippen molar-refractivity contribution in [3.63, 3.8) is 0 Å². The van der Waals surface area contributed by atoms with Crippen molar-refractivity contribution >= 4 is 23.0 Å². The maximum Gasteiger partial charge on any atom is 0.323 e. The van der Waals surface area contributed by atoms with E-state index in [-0.39, 0.29) is 0 Å². The van der Waals surface area contributed by atoms with E-state index in [1.807, 2.05) is 0 Å². The van der Waals surface area contributed by atoms with E-state index in [0.717, 1.165) is 4.57 Å². The van der Waals surface area contributed by atoms with Crippen molar-refractivity contribution in [1.29, 1.82) is 0 Å². The van der Waals surface area contributed by atoms with Gasteiger partial charge in [-0.05, 0) is 6.07 Å². The van der Waals surface area contributed by atoms with E-state index in [1.165, 1.54) is 18.7 Å². The van der Waals surface area contributed by atoms with Crippen molar-refractivity contribution in [2.45, 2.75) is 26.8 Å². The zero-order valence-corrected chi connectivity index (χ0v) is 11.8. The number of nitrogens with one attached hydrogen (secondary N) is 1. The summed E-state index contributed by atoms with van der Waals surface area (Å²) in [5.74, 6) is -0.758. The molecule has 2 heterocycles. The van der Waals surface area contributed by atoms with E-state index < -0.39 is 18.1 Å². The van der Waals surface area contributed by atoms with Crippen LogP contribution in [0.15, 0.2) is 23.1 Å². The minimum atomic E-state index is -1.09. The Labute approximate surface area is 116 Å². The van der Waals surface area contributed by atoms with Crippen molar-refractivity contribution in [3.05, 3.63) is 28.7 Å². The minimum absolute atomic E-state index is 0.305. The fraction of sp³-hybridized carbons (Fsp3) is 0.385. The summed E-state index contributed by atoms with van der Waals surface area (Å²) in [5.41, 5.74) is -0.0973. The normalized spacial score (nSPS) is 9.75. The molecule has 0 radical (unpaired) electrons. The highest BCUT2D eigenvalue weighted by atomic mass is 16.4. The number of hydrogen-bond donors (Lipinski definition) is 2. The van der Waals surface area contributed by atoms with Crippen molar-refractivity contribution in [2.24, 2.45) is 0 Å². The maximum atomic E-state index is 11.6. The van der Waals surface area contributed by atoms with Crippen LogP contribution in [0.2, 0.25) is 0 Å². The molecular formula is C13H18N4O3. The highest BCUT2D eigenvalue weighted by Crippen LogP contribution is 2.10. The maximum absolute atomic E-state index is 11.6. The lowest BCUT2D eigenvalue weighted by Gasteiger charge is -2.07. The molecule has 0 spiro atoms. The monoisotopic (exact) mass is 278 g/mol. The first-order chi connectivity index (χ1) is 9.53. The minimum Gasteiger partial charge on any atom is -0.480 e.